The lowest BCUT2D eigenvalue weighted by atomic mass is 10.3. The molecule has 0 radical (unpaired) electrons. The maximum Gasteiger partial charge on any atom is 0.265 e. The molecule has 2 aromatic carbocycles. The van der Waals surface area contributed by atoms with Gasteiger partial charge in [0.25, 0.3) is 10.0 Å². The van der Waals surface area contributed by atoms with Gasteiger partial charge in [0.1, 0.15) is 16.4 Å². The quantitative estimate of drug-likeness (QED) is 0.916. The first-order valence-electron chi connectivity index (χ1n) is 5.96. The number of nitrogens with one attached hydrogen (secondary N) is 1. The number of sulfonamides is 1. The van der Waals surface area contributed by atoms with E-state index >= 15 is 0 Å². The van der Waals surface area contributed by atoms with Crippen LogP contribution in [0.25, 0.3) is 0 Å². The first-order valence-corrected chi connectivity index (χ1v) is 7.83. The van der Waals surface area contributed by atoms with Crippen molar-refractivity contribution in [3.05, 3.63) is 47.5 Å². The molecule has 0 saturated carbocycles. The molecule has 21 heavy (non-hydrogen) atoms. The number of halogens is 1. The van der Waals surface area contributed by atoms with Crippen LogP contribution in [0, 0.1) is 0 Å². The van der Waals surface area contributed by atoms with Crippen LogP contribution in [0.15, 0.2) is 47.4 Å². The van der Waals surface area contributed by atoms with Crippen LogP contribution in [0.4, 0.5) is 5.69 Å². The van der Waals surface area contributed by atoms with E-state index < -0.39 is 10.0 Å². The zero-order valence-corrected chi connectivity index (χ0v) is 13.0. The van der Waals surface area contributed by atoms with Crippen LogP contribution in [-0.4, -0.2) is 22.6 Å². The van der Waals surface area contributed by atoms with Gasteiger partial charge in [0.05, 0.1) is 19.9 Å². The third-order valence-corrected chi connectivity index (χ3v) is 4.39. The molecular weight excluding hydrogens is 314 g/mol. The summed E-state index contributed by atoms with van der Waals surface area (Å²) in [6, 6.07) is 10.9. The number of anilines is 1. The number of ether oxygens (including phenoxy) is 2. The Hall–Kier alpha value is -1.92. The maximum absolute atomic E-state index is 12.4. The van der Waals surface area contributed by atoms with Gasteiger partial charge in [0.2, 0.25) is 0 Å². The van der Waals surface area contributed by atoms with Crippen molar-refractivity contribution in [2.45, 2.75) is 4.90 Å². The fraction of sp³-hybridized carbons (Fsp3) is 0.143. The highest BCUT2D eigenvalue weighted by atomic mass is 35.5. The number of hydrogen-bond acceptors (Lipinski definition) is 4. The second kappa shape index (κ2) is 6.24. The van der Waals surface area contributed by atoms with E-state index in [-0.39, 0.29) is 10.6 Å². The second-order valence-corrected chi connectivity index (χ2v) is 6.22. The molecule has 0 bridgehead atoms. The topological polar surface area (TPSA) is 64.6 Å². The molecule has 0 heterocycles. The number of methoxy groups -OCH3 is 2. The fourth-order valence-corrected chi connectivity index (χ4v) is 3.15. The minimum absolute atomic E-state index is 0.0192. The minimum Gasteiger partial charge on any atom is -0.497 e. The summed E-state index contributed by atoms with van der Waals surface area (Å²) in [5.74, 6) is 0.706. The Bertz CT molecular complexity index is 746. The van der Waals surface area contributed by atoms with Crippen LogP contribution in [-0.2, 0) is 10.0 Å². The van der Waals surface area contributed by atoms with Crippen LogP contribution >= 0.6 is 11.6 Å². The monoisotopic (exact) mass is 327 g/mol. The number of hydrogen-bond donors (Lipinski definition) is 1. The SMILES string of the molecule is COc1ccc(S(=O)(=O)Nc2cccc(Cl)c2)c(OC)c1. The van der Waals surface area contributed by atoms with Gasteiger partial charge in [-0.2, -0.15) is 0 Å². The van der Waals surface area contributed by atoms with E-state index in [1.165, 1.54) is 32.4 Å². The Balaban J connectivity index is 2.40. The summed E-state index contributed by atoms with van der Waals surface area (Å²) >= 11 is 5.84. The summed E-state index contributed by atoms with van der Waals surface area (Å²) < 4.78 is 37.4. The zero-order chi connectivity index (χ0) is 15.5. The van der Waals surface area contributed by atoms with Gasteiger partial charge in [-0.05, 0) is 30.3 Å². The second-order valence-electron chi connectivity index (χ2n) is 4.13. The van der Waals surface area contributed by atoms with Crippen LogP contribution < -0.4 is 14.2 Å². The molecule has 0 saturated heterocycles. The number of rotatable bonds is 5. The predicted molar refractivity (Wildman–Crippen MR) is 81.8 cm³/mol. The van der Waals surface area contributed by atoms with Crippen LogP contribution in [0.5, 0.6) is 11.5 Å². The average Bonchev–Trinajstić information content (AvgIpc) is 2.46. The Morgan fingerprint density at radius 2 is 1.81 bits per heavy atom. The predicted octanol–water partition coefficient (Wildman–Crippen LogP) is 3.16. The number of benzene rings is 2. The highest BCUT2D eigenvalue weighted by molar-refractivity contribution is 7.92. The molecule has 0 aliphatic carbocycles. The largest absolute Gasteiger partial charge is 0.497 e. The van der Waals surface area contributed by atoms with E-state index in [0.29, 0.717) is 16.5 Å². The fourth-order valence-electron chi connectivity index (χ4n) is 1.76. The van der Waals surface area contributed by atoms with Crippen molar-refractivity contribution in [3.8, 4) is 11.5 Å². The molecule has 0 aliphatic heterocycles. The van der Waals surface area contributed by atoms with Crippen LogP contribution in [0.1, 0.15) is 0 Å². The summed E-state index contributed by atoms with van der Waals surface area (Å²) in [7, 11) is -0.898. The Kier molecular flexibility index (Phi) is 4.59. The standard InChI is InChI=1S/C14H14ClNO4S/c1-19-12-6-7-14(13(9-12)20-2)21(17,18)16-11-5-3-4-10(15)8-11/h3-9,16H,1-2H3. The normalized spacial score (nSPS) is 11.0. The molecule has 0 fully saturated rings. The summed E-state index contributed by atoms with van der Waals surface area (Å²) in [6.45, 7) is 0. The maximum atomic E-state index is 12.4. The molecule has 0 unspecified atom stereocenters. The summed E-state index contributed by atoms with van der Waals surface area (Å²) in [6.07, 6.45) is 0. The van der Waals surface area contributed by atoms with Crippen molar-refractivity contribution in [2.75, 3.05) is 18.9 Å². The third-order valence-electron chi connectivity index (χ3n) is 2.74. The van der Waals surface area contributed by atoms with Crippen molar-refractivity contribution in [1.29, 1.82) is 0 Å². The smallest absolute Gasteiger partial charge is 0.265 e. The molecule has 2 rings (SSSR count). The summed E-state index contributed by atoms with van der Waals surface area (Å²) in [5.41, 5.74) is 0.375. The van der Waals surface area contributed by atoms with Crippen LogP contribution in [0.3, 0.4) is 0 Å². The van der Waals surface area contributed by atoms with Gasteiger partial charge in [0.15, 0.2) is 0 Å². The van der Waals surface area contributed by atoms with Crippen molar-refractivity contribution in [1.82, 2.24) is 0 Å². The zero-order valence-electron chi connectivity index (χ0n) is 11.5. The van der Waals surface area contributed by atoms with Gasteiger partial charge in [-0.15, -0.1) is 0 Å². The van der Waals surface area contributed by atoms with Crippen molar-refractivity contribution in [3.63, 3.8) is 0 Å². The third kappa shape index (κ3) is 3.59. The Morgan fingerprint density at radius 1 is 1.05 bits per heavy atom. The molecular formula is C14H14ClNO4S. The molecule has 2 aromatic rings. The highest BCUT2D eigenvalue weighted by Crippen LogP contribution is 2.30. The van der Waals surface area contributed by atoms with Gasteiger partial charge < -0.3 is 9.47 Å². The van der Waals surface area contributed by atoms with Crippen LogP contribution in [0.2, 0.25) is 5.02 Å². The van der Waals surface area contributed by atoms with E-state index in [0.717, 1.165) is 0 Å². The minimum atomic E-state index is -3.79. The van der Waals surface area contributed by atoms with Crippen molar-refractivity contribution in [2.24, 2.45) is 0 Å². The summed E-state index contributed by atoms with van der Waals surface area (Å²) in [4.78, 5) is 0.0192. The average molecular weight is 328 g/mol. The lowest BCUT2D eigenvalue weighted by Crippen LogP contribution is -2.14. The van der Waals surface area contributed by atoms with E-state index in [9.17, 15) is 8.42 Å². The molecule has 1 N–H and O–H groups in total. The molecule has 0 aromatic heterocycles. The molecule has 5 nitrogen and oxygen atoms in total. The lowest BCUT2D eigenvalue weighted by Gasteiger charge is -2.12. The molecule has 0 atom stereocenters. The molecule has 0 aliphatic rings. The van der Waals surface area contributed by atoms with Gasteiger partial charge in [-0.3, -0.25) is 4.72 Å². The summed E-state index contributed by atoms with van der Waals surface area (Å²) in [5, 5.41) is 0.442. The Labute approximate surface area is 128 Å². The van der Waals surface area contributed by atoms with Gasteiger partial charge in [-0.1, -0.05) is 17.7 Å². The van der Waals surface area contributed by atoms with Gasteiger partial charge in [-0.25, -0.2) is 8.42 Å². The first-order chi connectivity index (χ1) is 9.96. The van der Waals surface area contributed by atoms with E-state index in [4.69, 9.17) is 21.1 Å². The Morgan fingerprint density at radius 3 is 2.43 bits per heavy atom. The molecule has 0 spiro atoms. The lowest BCUT2D eigenvalue weighted by molar-refractivity contribution is 0.386. The van der Waals surface area contributed by atoms with E-state index in [2.05, 4.69) is 4.72 Å². The van der Waals surface area contributed by atoms with Gasteiger partial charge >= 0.3 is 0 Å². The molecule has 112 valence electrons. The molecule has 0 amide bonds. The van der Waals surface area contributed by atoms with E-state index in [1.54, 1.807) is 24.3 Å². The highest BCUT2D eigenvalue weighted by Gasteiger charge is 2.20. The van der Waals surface area contributed by atoms with Crippen molar-refractivity contribution < 1.29 is 17.9 Å². The molecule has 7 heteroatoms. The first kappa shape index (κ1) is 15.5. The van der Waals surface area contributed by atoms with Crippen molar-refractivity contribution >= 4 is 27.3 Å². The van der Waals surface area contributed by atoms with Gasteiger partial charge in [0, 0.05) is 11.1 Å². The van der Waals surface area contributed by atoms with E-state index in [1.807, 2.05) is 0 Å².